The second-order valence-corrected chi connectivity index (χ2v) is 10.8. The lowest BCUT2D eigenvalue weighted by Gasteiger charge is -2.57. The summed E-state index contributed by atoms with van der Waals surface area (Å²) in [7, 11) is 1.14. The molecule has 2 bridgehead atoms. The smallest absolute Gasteiger partial charge is 0.460 e. The van der Waals surface area contributed by atoms with Crippen molar-refractivity contribution in [2.45, 2.75) is 72.5 Å². The Morgan fingerprint density at radius 2 is 1.44 bits per heavy atom. The van der Waals surface area contributed by atoms with Gasteiger partial charge in [-0.25, -0.2) is 4.79 Å². The summed E-state index contributed by atoms with van der Waals surface area (Å²) >= 11 is 0. The SMILES string of the molecule is COc1ccc2c3c1O[C@@H]1[C@H](OC(=O)C(F)(F)C(F)(F)C(F)(F)F)C=CC4[C@H](C2)N(C(=O)C(F)(F)C(F)(F)C(F)(F)F)CC[C@]341. The van der Waals surface area contributed by atoms with Crippen molar-refractivity contribution in [3.8, 4) is 11.5 Å². The van der Waals surface area contributed by atoms with Crippen LogP contribution in [0.1, 0.15) is 17.5 Å². The van der Waals surface area contributed by atoms with Gasteiger partial charge in [-0.15, -0.1) is 0 Å². The van der Waals surface area contributed by atoms with Gasteiger partial charge in [0.25, 0.3) is 5.91 Å². The third-order valence-corrected chi connectivity index (χ3v) is 8.59. The van der Waals surface area contributed by atoms with Gasteiger partial charge in [-0.3, -0.25) is 4.79 Å². The largest absolute Gasteiger partial charge is 0.493 e. The number of carbonyl (C=O) groups is 2. The van der Waals surface area contributed by atoms with E-state index in [4.69, 9.17) is 9.47 Å². The minimum absolute atomic E-state index is 0.0522. The third kappa shape index (κ3) is 4.14. The number of piperidine rings is 1. The normalized spacial score (nSPS) is 27.9. The zero-order valence-corrected chi connectivity index (χ0v) is 22.0. The van der Waals surface area contributed by atoms with E-state index < -0.39 is 96.9 Å². The fraction of sp³-hybridized carbons (Fsp3) is 0.600. The van der Waals surface area contributed by atoms with Crippen molar-refractivity contribution in [3.05, 3.63) is 35.4 Å². The molecule has 2 aliphatic carbocycles. The van der Waals surface area contributed by atoms with Gasteiger partial charge in [0.05, 0.1) is 12.5 Å². The number of benzene rings is 1. The van der Waals surface area contributed by atoms with E-state index >= 15 is 0 Å². The molecule has 2 heterocycles. The average molecular weight is 677 g/mol. The monoisotopic (exact) mass is 677 g/mol. The minimum Gasteiger partial charge on any atom is -0.493 e. The molecule has 0 radical (unpaired) electrons. The Labute approximate surface area is 241 Å². The van der Waals surface area contributed by atoms with E-state index in [1.807, 2.05) is 0 Å². The molecular weight excluding hydrogens is 660 g/mol. The second kappa shape index (κ2) is 9.52. The summed E-state index contributed by atoms with van der Waals surface area (Å²) in [6.45, 7) is -0.962. The van der Waals surface area contributed by atoms with Crippen LogP contribution < -0.4 is 9.47 Å². The molecule has 1 saturated heterocycles. The summed E-state index contributed by atoms with van der Waals surface area (Å²) in [6, 6.07) is 0.911. The molecule has 1 aromatic rings. The highest BCUT2D eigenvalue weighted by Gasteiger charge is 2.79. The molecule has 20 heteroatoms. The lowest BCUT2D eigenvalue weighted by Crippen LogP contribution is -2.70. The summed E-state index contributed by atoms with van der Waals surface area (Å²) in [5.74, 6) is -34.1. The predicted molar refractivity (Wildman–Crippen MR) is 117 cm³/mol. The number of hydrogen-bond acceptors (Lipinski definition) is 5. The Bertz CT molecular complexity index is 1450. The molecule has 45 heavy (non-hydrogen) atoms. The predicted octanol–water partition coefficient (Wildman–Crippen LogP) is 5.61. The summed E-state index contributed by atoms with van der Waals surface area (Å²) in [5.41, 5.74) is -1.43. The number of amides is 1. The molecule has 0 N–H and O–H groups in total. The van der Waals surface area contributed by atoms with E-state index in [-0.39, 0.29) is 27.5 Å². The summed E-state index contributed by atoms with van der Waals surface area (Å²) in [6.07, 6.45) is -17.1. The number of methoxy groups -OCH3 is 1. The Morgan fingerprint density at radius 1 is 0.867 bits per heavy atom. The van der Waals surface area contributed by atoms with Gasteiger partial charge < -0.3 is 19.1 Å². The van der Waals surface area contributed by atoms with E-state index in [0.29, 0.717) is 6.08 Å². The lowest BCUT2D eigenvalue weighted by molar-refractivity contribution is -0.349. The van der Waals surface area contributed by atoms with Crippen LogP contribution in [0.15, 0.2) is 24.3 Å². The Hall–Kier alpha value is -3.48. The average Bonchev–Trinajstić information content (AvgIpc) is 3.27. The number of hydrogen-bond donors (Lipinski definition) is 0. The lowest BCUT2D eigenvalue weighted by atomic mass is 9.53. The van der Waals surface area contributed by atoms with Crippen molar-refractivity contribution in [2.24, 2.45) is 5.92 Å². The van der Waals surface area contributed by atoms with Crippen molar-refractivity contribution < 1.29 is 85.3 Å². The summed E-state index contributed by atoms with van der Waals surface area (Å²) in [4.78, 5) is 24.9. The number of likely N-dealkylation sites (tertiary alicyclic amines) is 1. The Balaban J connectivity index is 1.57. The molecule has 2 aliphatic heterocycles. The molecule has 1 spiro atoms. The first-order chi connectivity index (χ1) is 20.4. The standard InChI is InChI=1S/C25H17F14NO5/c1-43-12-4-2-9-8-11-10-3-5-13(44-18(42)21(28,29)23(32,33)25(37,38)39)16-19(10,14(9)15(12)45-16)6-7-40(11)17(41)20(26,27)22(30,31)24(34,35)36/h2-5,10-11,13,16H,6-8H2,1H3/t10?,11-,13+,16+,19+/m0/s1. The molecule has 250 valence electrons. The molecule has 5 rings (SSSR count). The zero-order chi connectivity index (χ0) is 33.9. The minimum atomic E-state index is -6.88. The van der Waals surface area contributed by atoms with Crippen LogP contribution in [0.5, 0.6) is 11.5 Å². The van der Waals surface area contributed by atoms with Gasteiger partial charge in [-0.1, -0.05) is 12.1 Å². The topological polar surface area (TPSA) is 65.1 Å². The number of alkyl halides is 14. The highest BCUT2D eigenvalue weighted by molar-refractivity contribution is 5.86. The maximum atomic E-state index is 14.5. The molecule has 4 aliphatic rings. The maximum Gasteiger partial charge on any atom is 0.460 e. The van der Waals surface area contributed by atoms with Gasteiger partial charge >= 0.3 is 42.0 Å². The number of rotatable bonds is 6. The van der Waals surface area contributed by atoms with Crippen LogP contribution in [0, 0.1) is 5.92 Å². The fourth-order valence-corrected chi connectivity index (χ4v) is 6.54. The number of halogens is 14. The van der Waals surface area contributed by atoms with E-state index in [1.54, 1.807) is 0 Å². The molecular formula is C25H17F14NO5. The number of esters is 1. The van der Waals surface area contributed by atoms with Crippen molar-refractivity contribution >= 4 is 11.9 Å². The van der Waals surface area contributed by atoms with E-state index in [2.05, 4.69) is 4.74 Å². The van der Waals surface area contributed by atoms with Crippen LogP contribution in [0.2, 0.25) is 0 Å². The quantitative estimate of drug-likeness (QED) is 0.223. The van der Waals surface area contributed by atoms with E-state index in [0.717, 1.165) is 13.2 Å². The van der Waals surface area contributed by atoms with Crippen LogP contribution in [0.25, 0.3) is 0 Å². The molecule has 1 aromatic carbocycles. The van der Waals surface area contributed by atoms with Crippen molar-refractivity contribution in [3.63, 3.8) is 0 Å². The van der Waals surface area contributed by atoms with Crippen LogP contribution in [0.4, 0.5) is 61.5 Å². The number of carbonyl (C=O) groups excluding carboxylic acids is 2. The Morgan fingerprint density at radius 3 is 2.00 bits per heavy atom. The van der Waals surface area contributed by atoms with E-state index in [1.165, 1.54) is 12.1 Å². The highest BCUT2D eigenvalue weighted by Crippen LogP contribution is 2.63. The van der Waals surface area contributed by atoms with Gasteiger partial charge in [-0.05, 0) is 30.5 Å². The third-order valence-electron chi connectivity index (χ3n) is 8.59. The van der Waals surface area contributed by atoms with Gasteiger partial charge in [0.2, 0.25) is 0 Å². The first kappa shape index (κ1) is 32.9. The van der Waals surface area contributed by atoms with Crippen LogP contribution in [-0.2, 0) is 26.2 Å². The molecule has 6 nitrogen and oxygen atoms in total. The van der Waals surface area contributed by atoms with Crippen LogP contribution >= 0.6 is 0 Å². The molecule has 1 amide bonds. The molecule has 0 saturated carbocycles. The first-order valence-corrected chi connectivity index (χ1v) is 12.6. The summed E-state index contributed by atoms with van der Waals surface area (Å²) in [5, 5.41) is 0. The fourth-order valence-electron chi connectivity index (χ4n) is 6.54. The molecule has 5 atom stereocenters. The van der Waals surface area contributed by atoms with Gasteiger partial charge in [0, 0.05) is 24.1 Å². The molecule has 1 fully saturated rings. The van der Waals surface area contributed by atoms with E-state index in [9.17, 15) is 71.1 Å². The summed E-state index contributed by atoms with van der Waals surface area (Å²) < 4.78 is 204. The zero-order valence-electron chi connectivity index (χ0n) is 22.0. The second-order valence-electron chi connectivity index (χ2n) is 10.8. The molecule has 1 unspecified atom stereocenters. The highest BCUT2D eigenvalue weighted by atomic mass is 19.4. The van der Waals surface area contributed by atoms with Crippen LogP contribution in [0.3, 0.4) is 0 Å². The van der Waals surface area contributed by atoms with Gasteiger partial charge in [0.15, 0.2) is 17.6 Å². The van der Waals surface area contributed by atoms with Crippen molar-refractivity contribution in [1.29, 1.82) is 0 Å². The van der Waals surface area contributed by atoms with Crippen molar-refractivity contribution in [1.82, 2.24) is 4.90 Å². The van der Waals surface area contributed by atoms with Crippen molar-refractivity contribution in [2.75, 3.05) is 13.7 Å². The number of nitrogens with zero attached hydrogens (tertiary/aromatic N) is 1. The van der Waals surface area contributed by atoms with Gasteiger partial charge in [-0.2, -0.15) is 61.5 Å². The first-order valence-electron chi connectivity index (χ1n) is 12.6. The Kier molecular flexibility index (Phi) is 6.96. The number of ether oxygens (including phenoxy) is 3. The molecule has 0 aromatic heterocycles. The van der Waals surface area contributed by atoms with Crippen LogP contribution in [-0.4, -0.2) is 84.7 Å². The maximum absolute atomic E-state index is 14.5. The van der Waals surface area contributed by atoms with Gasteiger partial charge in [0.1, 0.15) is 6.10 Å².